The fraction of sp³-hybridized carbons (Fsp3) is 0.385. The van der Waals surface area contributed by atoms with Gasteiger partial charge in [0.05, 0.1) is 4.92 Å². The summed E-state index contributed by atoms with van der Waals surface area (Å²) in [5.74, 6) is -2.78. The van der Waals surface area contributed by atoms with E-state index in [0.717, 1.165) is 12.1 Å². The van der Waals surface area contributed by atoms with Crippen LogP contribution in [0.5, 0.6) is 0 Å². The summed E-state index contributed by atoms with van der Waals surface area (Å²) in [5.41, 5.74) is 0.113. The molecule has 1 aromatic carbocycles. The van der Waals surface area contributed by atoms with Gasteiger partial charge < -0.3 is 25.5 Å². The Kier molecular flexibility index (Phi) is 6.28. The molecule has 1 rings (SSSR count). The van der Waals surface area contributed by atoms with Gasteiger partial charge in [0, 0.05) is 18.6 Å². The van der Waals surface area contributed by atoms with Crippen molar-refractivity contribution in [2.45, 2.75) is 30.8 Å². The number of benzene rings is 1. The summed E-state index contributed by atoms with van der Waals surface area (Å²) < 4.78 is 0. The van der Waals surface area contributed by atoms with Crippen LogP contribution in [0.25, 0.3) is 0 Å². The van der Waals surface area contributed by atoms with E-state index in [9.17, 15) is 35.0 Å². The van der Waals surface area contributed by atoms with Gasteiger partial charge in [-0.25, -0.2) is 4.79 Å². The molecule has 23 heavy (non-hydrogen) atoms. The van der Waals surface area contributed by atoms with Crippen LogP contribution in [0.2, 0.25) is 0 Å². The highest BCUT2D eigenvalue weighted by molar-refractivity contribution is 5.85. The Bertz CT molecular complexity index is 586. The van der Waals surface area contributed by atoms with E-state index in [0.29, 0.717) is 5.56 Å². The molecule has 0 aliphatic heterocycles. The highest BCUT2D eigenvalue weighted by Crippen LogP contribution is 2.14. The molecule has 5 N–H and O–H groups in total. The molecule has 0 aliphatic carbocycles. The minimum Gasteiger partial charge on any atom is -0.479 e. The Morgan fingerprint density at radius 1 is 1.00 bits per heavy atom. The van der Waals surface area contributed by atoms with Crippen molar-refractivity contribution < 1.29 is 40.0 Å². The van der Waals surface area contributed by atoms with Crippen LogP contribution in [-0.4, -0.2) is 66.6 Å². The molecular weight excluding hydrogens is 314 g/mol. The van der Waals surface area contributed by atoms with Crippen LogP contribution in [0.3, 0.4) is 0 Å². The zero-order chi connectivity index (χ0) is 17.7. The van der Waals surface area contributed by atoms with Crippen LogP contribution in [0.1, 0.15) is 5.56 Å². The molecule has 0 saturated carbocycles. The number of nitro groups is 1. The van der Waals surface area contributed by atoms with Crippen molar-refractivity contribution in [3.05, 3.63) is 39.9 Å². The molecule has 4 atom stereocenters. The molecule has 0 unspecified atom stereocenters. The third kappa shape index (κ3) is 4.79. The minimum atomic E-state index is -2.37. The number of aliphatic hydroxyl groups excluding tert-OH is 4. The van der Waals surface area contributed by atoms with Gasteiger partial charge in [0.1, 0.15) is 18.3 Å². The van der Waals surface area contributed by atoms with Crippen LogP contribution in [0.15, 0.2) is 24.3 Å². The third-order valence-corrected chi connectivity index (χ3v) is 3.11. The minimum absolute atomic E-state index is 0.193. The molecule has 0 fully saturated rings. The van der Waals surface area contributed by atoms with Crippen LogP contribution in [0.4, 0.5) is 5.69 Å². The zero-order valence-corrected chi connectivity index (χ0v) is 11.6. The summed E-state index contributed by atoms with van der Waals surface area (Å²) in [5, 5.41) is 56.6. The number of hydrogen-bond donors (Lipinski definition) is 5. The summed E-state index contributed by atoms with van der Waals surface area (Å²) in [6, 6.07) is 4.85. The zero-order valence-electron chi connectivity index (χ0n) is 11.6. The first-order chi connectivity index (χ1) is 10.6. The Morgan fingerprint density at radius 2 is 1.48 bits per heavy atom. The van der Waals surface area contributed by atoms with E-state index in [1.165, 1.54) is 12.1 Å². The van der Waals surface area contributed by atoms with Crippen molar-refractivity contribution >= 4 is 17.4 Å². The number of carboxylic acids is 1. The molecule has 126 valence electrons. The largest absolute Gasteiger partial charge is 0.479 e. The van der Waals surface area contributed by atoms with Gasteiger partial charge in [-0.15, -0.1) is 0 Å². The number of carbonyl (C=O) groups excluding carboxylic acids is 1. The van der Waals surface area contributed by atoms with Crippen LogP contribution in [0, 0.1) is 10.1 Å². The number of aliphatic carboxylic acids is 1. The average Bonchev–Trinajstić information content (AvgIpc) is 2.52. The standard InChI is InChI=1S/C13H15NO9/c15-8(5-6-1-3-7(4-2-6)14(22)23)9(16)10(17)11(18)12(19)13(20)21/h1-4,9-12,16-19H,5H2,(H,20,21)/t9-,10+,11-,12-/m0/s1. The first-order valence-electron chi connectivity index (χ1n) is 6.36. The number of nitro benzene ring substituents is 1. The number of carboxylic acid groups (broad SMARTS) is 1. The SMILES string of the molecule is O=C(O)[C@@H](O)[C@@H](O)[C@H](O)[C@@H](O)C(=O)Cc1ccc([N+](=O)[O-])cc1. The molecule has 0 heterocycles. The summed E-state index contributed by atoms with van der Waals surface area (Å²) >= 11 is 0. The smallest absolute Gasteiger partial charge is 0.335 e. The summed E-state index contributed by atoms with van der Waals surface area (Å²) in [4.78, 5) is 32.1. The van der Waals surface area contributed by atoms with E-state index in [2.05, 4.69) is 0 Å². The number of carbonyl (C=O) groups is 2. The quantitative estimate of drug-likeness (QED) is 0.273. The van der Waals surface area contributed by atoms with Crippen molar-refractivity contribution in [2.75, 3.05) is 0 Å². The van der Waals surface area contributed by atoms with Crippen LogP contribution < -0.4 is 0 Å². The maximum Gasteiger partial charge on any atom is 0.335 e. The van der Waals surface area contributed by atoms with Crippen molar-refractivity contribution in [1.29, 1.82) is 0 Å². The number of hydrogen-bond acceptors (Lipinski definition) is 8. The highest BCUT2D eigenvalue weighted by atomic mass is 16.6. The number of non-ortho nitro benzene ring substituents is 1. The number of nitrogens with zero attached hydrogens (tertiary/aromatic N) is 1. The van der Waals surface area contributed by atoms with E-state index >= 15 is 0 Å². The Hall–Kier alpha value is -2.40. The van der Waals surface area contributed by atoms with Gasteiger partial charge in [-0.1, -0.05) is 12.1 Å². The van der Waals surface area contributed by atoms with Crippen LogP contribution in [-0.2, 0) is 16.0 Å². The van der Waals surface area contributed by atoms with Crippen molar-refractivity contribution in [1.82, 2.24) is 0 Å². The summed E-state index contributed by atoms with van der Waals surface area (Å²) in [6.07, 6.45) is -9.37. The second-order valence-corrected chi connectivity index (χ2v) is 4.78. The van der Waals surface area contributed by atoms with Crippen molar-refractivity contribution in [2.24, 2.45) is 0 Å². The number of rotatable bonds is 8. The first kappa shape index (κ1) is 18.6. The van der Waals surface area contributed by atoms with E-state index < -0.39 is 47.5 Å². The lowest BCUT2D eigenvalue weighted by Gasteiger charge is -2.23. The fourth-order valence-corrected chi connectivity index (χ4v) is 1.75. The molecule has 0 aliphatic rings. The van der Waals surface area contributed by atoms with Crippen molar-refractivity contribution in [3.63, 3.8) is 0 Å². The maximum atomic E-state index is 11.8. The molecular formula is C13H15NO9. The highest BCUT2D eigenvalue weighted by Gasteiger charge is 2.37. The third-order valence-electron chi connectivity index (χ3n) is 3.11. The molecule has 10 heteroatoms. The van der Waals surface area contributed by atoms with Gasteiger partial charge in [-0.3, -0.25) is 14.9 Å². The lowest BCUT2D eigenvalue weighted by atomic mass is 9.96. The first-order valence-corrected chi connectivity index (χ1v) is 6.36. The predicted octanol–water partition coefficient (Wildman–Crippen LogP) is -1.77. The lowest BCUT2D eigenvalue weighted by Crippen LogP contribution is -2.50. The fourth-order valence-electron chi connectivity index (χ4n) is 1.75. The number of Topliss-reactive ketones (excluding diaryl/α,β-unsaturated/α-hetero) is 1. The van der Waals surface area contributed by atoms with Crippen LogP contribution >= 0.6 is 0 Å². The van der Waals surface area contributed by atoms with Gasteiger partial charge in [0.2, 0.25) is 0 Å². The maximum absolute atomic E-state index is 11.8. The lowest BCUT2D eigenvalue weighted by molar-refractivity contribution is -0.384. The topological polar surface area (TPSA) is 178 Å². The van der Waals surface area contributed by atoms with E-state index in [1.54, 1.807) is 0 Å². The average molecular weight is 329 g/mol. The summed E-state index contributed by atoms with van der Waals surface area (Å²) in [7, 11) is 0. The van der Waals surface area contributed by atoms with Gasteiger partial charge in [0.15, 0.2) is 11.9 Å². The Balaban J connectivity index is 2.72. The second-order valence-electron chi connectivity index (χ2n) is 4.78. The van der Waals surface area contributed by atoms with E-state index in [4.69, 9.17) is 10.2 Å². The molecule has 0 aromatic heterocycles. The molecule has 0 bridgehead atoms. The van der Waals surface area contributed by atoms with Gasteiger partial charge in [-0.05, 0) is 5.56 Å². The van der Waals surface area contributed by atoms with E-state index in [1.807, 2.05) is 0 Å². The molecule has 10 nitrogen and oxygen atoms in total. The molecule has 0 amide bonds. The summed E-state index contributed by atoms with van der Waals surface area (Å²) in [6.45, 7) is 0. The van der Waals surface area contributed by atoms with Gasteiger partial charge in [-0.2, -0.15) is 0 Å². The Morgan fingerprint density at radius 3 is 1.91 bits per heavy atom. The van der Waals surface area contributed by atoms with E-state index in [-0.39, 0.29) is 5.69 Å². The van der Waals surface area contributed by atoms with Gasteiger partial charge in [0.25, 0.3) is 5.69 Å². The predicted molar refractivity (Wildman–Crippen MR) is 73.5 cm³/mol. The monoisotopic (exact) mass is 329 g/mol. The molecule has 0 saturated heterocycles. The molecule has 0 spiro atoms. The molecule has 0 radical (unpaired) electrons. The normalized spacial score (nSPS) is 16.2. The Labute approximate surface area is 129 Å². The van der Waals surface area contributed by atoms with Crippen molar-refractivity contribution in [3.8, 4) is 0 Å². The second kappa shape index (κ2) is 7.74. The number of ketones is 1. The molecule has 1 aromatic rings. The van der Waals surface area contributed by atoms with Gasteiger partial charge >= 0.3 is 5.97 Å². The number of aliphatic hydroxyl groups is 4.